The Bertz CT molecular complexity index is 632. The summed E-state index contributed by atoms with van der Waals surface area (Å²) in [6, 6.07) is 0. The van der Waals surface area contributed by atoms with Crippen LogP contribution < -0.4 is 10.6 Å². The molecule has 1 rings (SSSR count). The molecule has 1 aromatic carbocycles. The van der Waals surface area contributed by atoms with Crippen molar-refractivity contribution in [3.8, 4) is 0 Å². The molecule has 9 heteroatoms. The summed E-state index contributed by atoms with van der Waals surface area (Å²) < 4.78 is 1.28. The maximum Gasteiger partial charge on any atom is 0.337 e. The lowest BCUT2D eigenvalue weighted by molar-refractivity contribution is -0.114. The second-order valence-electron chi connectivity index (χ2n) is 3.91. The van der Waals surface area contributed by atoms with Crippen molar-refractivity contribution in [2.24, 2.45) is 0 Å². The molecular formula is C12H11I3N2O4. The Balaban J connectivity index is 3.71. The second kappa shape index (κ2) is 7.89. The fourth-order valence-electron chi connectivity index (χ4n) is 1.59. The maximum atomic E-state index is 12.2. The lowest BCUT2D eigenvalue weighted by atomic mass is 10.1. The van der Waals surface area contributed by atoms with Gasteiger partial charge in [0.1, 0.15) is 0 Å². The van der Waals surface area contributed by atoms with E-state index in [2.05, 4.69) is 10.6 Å². The average molecular weight is 628 g/mol. The Morgan fingerprint density at radius 1 is 1.05 bits per heavy atom. The third kappa shape index (κ3) is 4.18. The molecule has 0 unspecified atom stereocenters. The molecule has 0 heterocycles. The molecule has 0 spiro atoms. The summed E-state index contributed by atoms with van der Waals surface area (Å²) >= 11 is 5.66. The van der Waals surface area contributed by atoms with E-state index in [4.69, 9.17) is 0 Å². The van der Waals surface area contributed by atoms with E-state index in [-0.39, 0.29) is 22.9 Å². The zero-order valence-corrected chi connectivity index (χ0v) is 17.5. The van der Waals surface area contributed by atoms with Crippen LogP contribution in [0.4, 0.5) is 5.69 Å². The van der Waals surface area contributed by atoms with E-state index in [0.717, 1.165) is 0 Å². The number of hydrogen-bond donors (Lipinski definition) is 3. The third-order valence-corrected chi connectivity index (χ3v) is 5.63. The van der Waals surface area contributed by atoms with E-state index in [1.54, 1.807) is 6.92 Å². The molecule has 0 aliphatic carbocycles. The maximum absolute atomic E-state index is 12.2. The largest absolute Gasteiger partial charge is 0.478 e. The molecule has 21 heavy (non-hydrogen) atoms. The summed E-state index contributed by atoms with van der Waals surface area (Å²) in [6.07, 6.45) is 0. The SMILES string of the molecule is CCNC(=O)c1c(I)c(NC(C)=O)c(I)c(C(=O)O)c1I. The Morgan fingerprint density at radius 3 is 2.00 bits per heavy atom. The lowest BCUT2D eigenvalue weighted by Crippen LogP contribution is -2.27. The Morgan fingerprint density at radius 2 is 1.57 bits per heavy atom. The molecule has 3 N–H and O–H groups in total. The Hall–Kier alpha value is -0.180. The zero-order valence-electron chi connectivity index (χ0n) is 11.0. The Labute approximate surface area is 162 Å². The van der Waals surface area contributed by atoms with E-state index < -0.39 is 5.97 Å². The lowest BCUT2D eigenvalue weighted by Gasteiger charge is -2.17. The number of amides is 2. The minimum absolute atomic E-state index is 0.0154. The fourth-order valence-corrected chi connectivity index (χ4v) is 5.97. The van der Waals surface area contributed by atoms with Gasteiger partial charge in [0.05, 0.1) is 24.0 Å². The van der Waals surface area contributed by atoms with E-state index in [9.17, 15) is 19.5 Å². The number of rotatable bonds is 4. The first-order valence-electron chi connectivity index (χ1n) is 5.71. The first-order chi connectivity index (χ1) is 9.72. The molecule has 0 aliphatic heterocycles. The highest BCUT2D eigenvalue weighted by Crippen LogP contribution is 2.35. The van der Waals surface area contributed by atoms with Gasteiger partial charge in [-0.05, 0) is 74.7 Å². The van der Waals surface area contributed by atoms with Crippen molar-refractivity contribution in [1.82, 2.24) is 5.32 Å². The van der Waals surface area contributed by atoms with Gasteiger partial charge in [0, 0.05) is 17.0 Å². The number of aromatic carboxylic acids is 1. The summed E-state index contributed by atoms with van der Waals surface area (Å²) in [7, 11) is 0. The van der Waals surface area contributed by atoms with Crippen molar-refractivity contribution in [2.45, 2.75) is 13.8 Å². The molecule has 2 amide bonds. The van der Waals surface area contributed by atoms with Crippen molar-refractivity contribution in [1.29, 1.82) is 0 Å². The predicted molar refractivity (Wildman–Crippen MR) is 104 cm³/mol. The standard InChI is InChI=1S/C12H11I3N2O4/c1-3-16-11(19)5-7(13)6(12(20)21)9(15)10(8(5)14)17-4(2)18/h3H2,1-2H3,(H,16,19)(H,17,18)(H,20,21). The minimum atomic E-state index is -1.14. The molecule has 0 fully saturated rings. The third-order valence-electron chi connectivity index (χ3n) is 2.40. The van der Waals surface area contributed by atoms with E-state index in [1.807, 2.05) is 67.8 Å². The smallest absolute Gasteiger partial charge is 0.337 e. The quantitative estimate of drug-likeness (QED) is 0.448. The molecule has 6 nitrogen and oxygen atoms in total. The van der Waals surface area contributed by atoms with Crippen LogP contribution in [0.15, 0.2) is 0 Å². The summed E-state index contributed by atoms with van der Waals surface area (Å²) in [5.41, 5.74) is 0.629. The van der Waals surface area contributed by atoms with Crippen molar-refractivity contribution in [3.05, 3.63) is 21.8 Å². The van der Waals surface area contributed by atoms with E-state index in [0.29, 0.717) is 22.9 Å². The van der Waals surface area contributed by atoms with Crippen LogP contribution in [-0.4, -0.2) is 29.4 Å². The molecular weight excluding hydrogens is 617 g/mol. The van der Waals surface area contributed by atoms with Crippen LogP contribution in [0, 0.1) is 10.7 Å². The van der Waals surface area contributed by atoms with Crippen LogP contribution in [0.5, 0.6) is 0 Å². The van der Waals surface area contributed by atoms with Gasteiger partial charge >= 0.3 is 5.97 Å². The number of carbonyl (C=O) groups is 3. The number of carboxylic acid groups (broad SMARTS) is 1. The number of hydrogen-bond acceptors (Lipinski definition) is 3. The van der Waals surface area contributed by atoms with Gasteiger partial charge in [-0.25, -0.2) is 4.79 Å². The van der Waals surface area contributed by atoms with Gasteiger partial charge < -0.3 is 15.7 Å². The first kappa shape index (κ1) is 18.9. The minimum Gasteiger partial charge on any atom is -0.478 e. The number of halogens is 3. The molecule has 0 atom stereocenters. The summed E-state index contributed by atoms with van der Waals surface area (Å²) in [4.78, 5) is 35.0. The Kier molecular flexibility index (Phi) is 7.09. The summed E-state index contributed by atoms with van der Waals surface area (Å²) in [6.45, 7) is 3.53. The van der Waals surface area contributed by atoms with Gasteiger partial charge in [0.15, 0.2) is 0 Å². The highest BCUT2D eigenvalue weighted by molar-refractivity contribution is 14.1. The van der Waals surface area contributed by atoms with Gasteiger partial charge in [0.2, 0.25) is 5.91 Å². The monoisotopic (exact) mass is 628 g/mol. The van der Waals surface area contributed by atoms with Crippen molar-refractivity contribution >= 4 is 91.2 Å². The molecule has 0 saturated heterocycles. The van der Waals surface area contributed by atoms with Gasteiger partial charge in [-0.15, -0.1) is 0 Å². The number of carboxylic acids is 1. The number of carbonyl (C=O) groups excluding carboxylic acids is 2. The predicted octanol–water partition coefficient (Wildman–Crippen LogP) is 2.91. The average Bonchev–Trinajstić information content (AvgIpc) is 2.34. The molecule has 0 saturated carbocycles. The highest BCUT2D eigenvalue weighted by atomic mass is 127. The second-order valence-corrected chi connectivity index (χ2v) is 7.15. The normalized spacial score (nSPS) is 10.1. The van der Waals surface area contributed by atoms with Crippen LogP contribution in [0.1, 0.15) is 34.6 Å². The van der Waals surface area contributed by atoms with Crippen LogP contribution in [0.25, 0.3) is 0 Å². The van der Waals surface area contributed by atoms with Crippen LogP contribution in [0.3, 0.4) is 0 Å². The summed E-state index contributed by atoms with van der Waals surface area (Å²) in [5, 5.41) is 14.6. The van der Waals surface area contributed by atoms with Crippen LogP contribution in [0.2, 0.25) is 0 Å². The number of benzene rings is 1. The van der Waals surface area contributed by atoms with Crippen LogP contribution >= 0.6 is 67.8 Å². The van der Waals surface area contributed by atoms with Gasteiger partial charge in [-0.2, -0.15) is 0 Å². The topological polar surface area (TPSA) is 95.5 Å². The van der Waals surface area contributed by atoms with Crippen molar-refractivity contribution in [3.63, 3.8) is 0 Å². The van der Waals surface area contributed by atoms with E-state index >= 15 is 0 Å². The fraction of sp³-hybridized carbons (Fsp3) is 0.250. The van der Waals surface area contributed by atoms with E-state index in [1.165, 1.54) is 6.92 Å². The molecule has 1 aromatic rings. The zero-order chi connectivity index (χ0) is 16.3. The highest BCUT2D eigenvalue weighted by Gasteiger charge is 2.27. The van der Waals surface area contributed by atoms with Crippen molar-refractivity contribution < 1.29 is 19.5 Å². The molecule has 0 aliphatic rings. The van der Waals surface area contributed by atoms with Gasteiger partial charge in [-0.3, -0.25) is 9.59 Å². The molecule has 0 aromatic heterocycles. The summed E-state index contributed by atoms with van der Waals surface area (Å²) in [5.74, 6) is -1.83. The first-order valence-corrected chi connectivity index (χ1v) is 8.95. The number of anilines is 1. The molecule has 0 radical (unpaired) electrons. The number of nitrogens with one attached hydrogen (secondary N) is 2. The van der Waals surface area contributed by atoms with Gasteiger partial charge in [0.25, 0.3) is 5.91 Å². The molecule has 114 valence electrons. The van der Waals surface area contributed by atoms with Gasteiger partial charge in [-0.1, -0.05) is 0 Å². The van der Waals surface area contributed by atoms with Crippen molar-refractivity contribution in [2.75, 3.05) is 11.9 Å². The van der Waals surface area contributed by atoms with Crippen LogP contribution in [-0.2, 0) is 4.79 Å². The molecule has 0 bridgehead atoms.